The quantitative estimate of drug-likeness (QED) is 0.508. The highest BCUT2D eigenvalue weighted by atomic mass is 79.9. The lowest BCUT2D eigenvalue weighted by atomic mass is 9.89. The van der Waals surface area contributed by atoms with E-state index in [0.717, 1.165) is 32.4 Å². The van der Waals surface area contributed by atoms with Gasteiger partial charge in [-0.2, -0.15) is 0 Å². The minimum atomic E-state index is -0.394. The largest absolute Gasteiger partial charge is 0.379 e. The number of nitrogens with two attached hydrogens (primary N) is 1. The van der Waals surface area contributed by atoms with E-state index in [4.69, 9.17) is 5.73 Å². The van der Waals surface area contributed by atoms with Gasteiger partial charge in [0.15, 0.2) is 10.2 Å². The first-order valence-electron chi connectivity index (χ1n) is 8.39. The third-order valence-electron chi connectivity index (χ3n) is 4.46. The second-order valence-corrected chi connectivity index (χ2v) is 9.55. The number of para-hydroxylation sites is 1. The van der Waals surface area contributed by atoms with Crippen molar-refractivity contribution < 1.29 is 4.79 Å². The standard InChI is InChI=1S/C19H17BrN4OS2.ClH/c1-19(6-7-26-18(21)24-19)11-8-12(20)10-13(9-11)22-16(25)17-23-14-4-2-3-5-15(14)27-17;/h2-5,8-10H,6-7H2,1H3,(H2,21,24)(H,22,25);1H. The highest BCUT2D eigenvalue weighted by Crippen LogP contribution is 2.37. The molecular formula is C19H18BrClN4OS2. The summed E-state index contributed by atoms with van der Waals surface area (Å²) in [7, 11) is 0. The number of halogens is 2. The lowest BCUT2D eigenvalue weighted by molar-refractivity contribution is 0.102. The van der Waals surface area contributed by atoms with Crippen LogP contribution >= 0.6 is 51.4 Å². The number of thioether (sulfide) groups is 1. The number of aromatic nitrogens is 1. The number of thiazole rings is 1. The van der Waals surface area contributed by atoms with Crippen molar-refractivity contribution in [2.45, 2.75) is 18.9 Å². The minimum Gasteiger partial charge on any atom is -0.379 e. The van der Waals surface area contributed by atoms with Gasteiger partial charge in [-0.05, 0) is 49.2 Å². The number of carbonyl (C=O) groups is 1. The molecule has 0 saturated carbocycles. The van der Waals surface area contributed by atoms with Crippen LogP contribution < -0.4 is 11.1 Å². The SMILES string of the molecule is CC1(c2cc(Br)cc(NC(=O)c3nc4ccccc4s3)c2)CCSC(N)=N1.Cl. The normalized spacial score (nSPS) is 19.0. The first-order valence-corrected chi connectivity index (χ1v) is 11.0. The Bertz CT molecular complexity index is 1040. The Morgan fingerprint density at radius 3 is 2.82 bits per heavy atom. The molecule has 1 amide bonds. The molecule has 2 aromatic carbocycles. The zero-order valence-electron chi connectivity index (χ0n) is 14.9. The number of nitrogens with one attached hydrogen (secondary N) is 1. The average molecular weight is 498 g/mol. The highest BCUT2D eigenvalue weighted by Gasteiger charge is 2.30. The molecule has 9 heteroatoms. The lowest BCUT2D eigenvalue weighted by Gasteiger charge is -2.30. The third-order valence-corrected chi connectivity index (χ3v) is 6.75. The van der Waals surface area contributed by atoms with Crippen LogP contribution in [0.2, 0.25) is 0 Å². The average Bonchev–Trinajstić information content (AvgIpc) is 3.05. The molecule has 146 valence electrons. The van der Waals surface area contributed by atoms with Crippen molar-refractivity contribution in [3.05, 3.63) is 57.5 Å². The van der Waals surface area contributed by atoms with Crippen LogP contribution in [0.5, 0.6) is 0 Å². The van der Waals surface area contributed by atoms with Crippen molar-refractivity contribution >= 4 is 78.4 Å². The summed E-state index contributed by atoms with van der Waals surface area (Å²) in [6.07, 6.45) is 0.889. The molecule has 3 N–H and O–H groups in total. The van der Waals surface area contributed by atoms with Crippen LogP contribution in [-0.4, -0.2) is 21.8 Å². The summed E-state index contributed by atoms with van der Waals surface area (Å²) in [6.45, 7) is 2.07. The number of amidine groups is 1. The van der Waals surface area contributed by atoms with Gasteiger partial charge in [-0.25, -0.2) is 4.98 Å². The maximum absolute atomic E-state index is 12.7. The van der Waals surface area contributed by atoms with Crippen LogP contribution in [0.1, 0.15) is 28.7 Å². The number of amides is 1. The van der Waals surface area contributed by atoms with Crippen LogP contribution in [0, 0.1) is 0 Å². The highest BCUT2D eigenvalue weighted by molar-refractivity contribution is 9.10. The van der Waals surface area contributed by atoms with Crippen LogP contribution in [0.4, 0.5) is 5.69 Å². The smallest absolute Gasteiger partial charge is 0.284 e. The maximum atomic E-state index is 12.7. The number of nitrogens with zero attached hydrogens (tertiary/aromatic N) is 2. The third kappa shape index (κ3) is 4.35. The van der Waals surface area contributed by atoms with E-state index in [1.54, 1.807) is 11.8 Å². The van der Waals surface area contributed by atoms with Crippen molar-refractivity contribution in [3.63, 3.8) is 0 Å². The van der Waals surface area contributed by atoms with Gasteiger partial charge in [0.25, 0.3) is 5.91 Å². The van der Waals surface area contributed by atoms with E-state index in [-0.39, 0.29) is 18.3 Å². The molecule has 0 spiro atoms. The zero-order chi connectivity index (χ0) is 19.0. The summed E-state index contributed by atoms with van der Waals surface area (Å²) in [5, 5.41) is 4.01. The predicted molar refractivity (Wildman–Crippen MR) is 125 cm³/mol. The summed E-state index contributed by atoms with van der Waals surface area (Å²) < 4.78 is 1.88. The van der Waals surface area contributed by atoms with E-state index in [0.29, 0.717) is 15.9 Å². The molecule has 1 aromatic heterocycles. The van der Waals surface area contributed by atoms with E-state index < -0.39 is 5.54 Å². The van der Waals surface area contributed by atoms with Crippen LogP contribution in [-0.2, 0) is 5.54 Å². The number of hydrogen-bond acceptors (Lipinski definition) is 6. The van der Waals surface area contributed by atoms with Crippen molar-refractivity contribution in [1.82, 2.24) is 4.98 Å². The summed E-state index contributed by atoms with van der Waals surface area (Å²) in [4.78, 5) is 21.8. The van der Waals surface area contributed by atoms with Gasteiger partial charge < -0.3 is 11.1 Å². The number of fused-ring (bicyclic) bond motifs is 1. The van der Waals surface area contributed by atoms with Crippen molar-refractivity contribution in [3.8, 4) is 0 Å². The van der Waals surface area contributed by atoms with Gasteiger partial charge in [0, 0.05) is 15.9 Å². The maximum Gasteiger partial charge on any atom is 0.284 e. The molecular weight excluding hydrogens is 480 g/mol. The molecule has 1 aliphatic rings. The molecule has 4 rings (SSSR count). The molecule has 0 saturated heterocycles. The summed E-state index contributed by atoms with van der Waals surface area (Å²) in [5.74, 6) is 0.707. The minimum absolute atomic E-state index is 0. The Labute approximate surface area is 185 Å². The number of carbonyl (C=O) groups excluding carboxylic acids is 1. The van der Waals surface area contributed by atoms with Crippen molar-refractivity contribution in [2.24, 2.45) is 10.7 Å². The van der Waals surface area contributed by atoms with E-state index in [2.05, 4.69) is 38.1 Å². The molecule has 0 bridgehead atoms. The molecule has 3 aromatic rings. The number of aliphatic imine (C=N–C) groups is 1. The second-order valence-electron chi connectivity index (χ2n) is 6.49. The lowest BCUT2D eigenvalue weighted by Crippen LogP contribution is -2.29. The number of benzene rings is 2. The molecule has 0 aliphatic carbocycles. The fourth-order valence-electron chi connectivity index (χ4n) is 3.02. The van der Waals surface area contributed by atoms with Gasteiger partial charge in [0.2, 0.25) is 0 Å². The van der Waals surface area contributed by atoms with E-state index >= 15 is 0 Å². The topological polar surface area (TPSA) is 80.4 Å². The Morgan fingerprint density at radius 2 is 2.07 bits per heavy atom. The van der Waals surface area contributed by atoms with Gasteiger partial charge >= 0.3 is 0 Å². The Kier molecular flexibility index (Phi) is 6.34. The number of hydrogen-bond donors (Lipinski definition) is 2. The van der Waals surface area contributed by atoms with Gasteiger partial charge in [-0.3, -0.25) is 9.79 Å². The summed E-state index contributed by atoms with van der Waals surface area (Å²) in [5.41, 5.74) is 8.10. The molecule has 0 radical (unpaired) electrons. The first-order chi connectivity index (χ1) is 12.9. The number of rotatable bonds is 3. The Hall–Kier alpha value is -1.61. The molecule has 1 unspecified atom stereocenters. The van der Waals surface area contributed by atoms with Gasteiger partial charge in [0.05, 0.1) is 15.8 Å². The van der Waals surface area contributed by atoms with Gasteiger partial charge in [-0.15, -0.1) is 23.7 Å². The zero-order valence-corrected chi connectivity index (χ0v) is 19.0. The molecule has 1 atom stereocenters. The van der Waals surface area contributed by atoms with Crippen LogP contribution in [0.15, 0.2) is 51.9 Å². The first kappa shape index (κ1) is 21.1. The monoisotopic (exact) mass is 496 g/mol. The predicted octanol–water partition coefficient (Wildman–Crippen LogP) is 5.40. The van der Waals surface area contributed by atoms with Crippen molar-refractivity contribution in [1.29, 1.82) is 0 Å². The van der Waals surface area contributed by atoms with E-state index in [9.17, 15) is 4.79 Å². The van der Waals surface area contributed by atoms with Gasteiger partial charge in [0.1, 0.15) is 0 Å². The Balaban J connectivity index is 0.00000225. The molecule has 5 nitrogen and oxygen atoms in total. The van der Waals surface area contributed by atoms with E-state index in [1.165, 1.54) is 11.3 Å². The van der Waals surface area contributed by atoms with Crippen molar-refractivity contribution in [2.75, 3.05) is 11.1 Å². The molecule has 28 heavy (non-hydrogen) atoms. The van der Waals surface area contributed by atoms with Gasteiger partial charge in [-0.1, -0.05) is 39.8 Å². The fourth-order valence-corrected chi connectivity index (χ4v) is 5.35. The summed E-state index contributed by atoms with van der Waals surface area (Å²) in [6, 6.07) is 13.6. The number of anilines is 1. The second kappa shape index (κ2) is 8.41. The molecule has 2 heterocycles. The molecule has 0 fully saturated rings. The van der Waals surface area contributed by atoms with E-state index in [1.807, 2.05) is 42.5 Å². The van der Waals surface area contributed by atoms with Crippen LogP contribution in [0.3, 0.4) is 0 Å². The fraction of sp³-hybridized carbons (Fsp3) is 0.211. The Morgan fingerprint density at radius 1 is 1.29 bits per heavy atom. The van der Waals surface area contributed by atoms with Crippen LogP contribution in [0.25, 0.3) is 10.2 Å². The summed E-state index contributed by atoms with van der Waals surface area (Å²) >= 11 is 6.50. The molecule has 1 aliphatic heterocycles.